The molecule has 0 fully saturated rings. The highest BCUT2D eigenvalue weighted by Gasteiger charge is 2.45. The lowest BCUT2D eigenvalue weighted by Crippen LogP contribution is -2.61. The van der Waals surface area contributed by atoms with Gasteiger partial charge in [0.2, 0.25) is 0 Å². The van der Waals surface area contributed by atoms with Crippen molar-refractivity contribution < 1.29 is 4.42 Å². The summed E-state index contributed by atoms with van der Waals surface area (Å²) in [5.41, 5.74) is 23.0. The molecule has 0 amide bonds. The first-order valence-electron chi connectivity index (χ1n) is 26.9. The standard InChI is InChI=1S/C70H68BN3O/c1-67(2,3)46-29-35-50(36-30-46)72(61-27-20-25-55-54-24-17-19-28-64(54)75-66(55)61)52-43-62-65-63(44-52)74(58-26-18-16-23-53(58)45-21-14-13-15-22-45)60-40-34-49(70(10,11)12)42-57(60)71(65)56-41-48(69(7,8)9)33-39-59(56)73(62)51-37-31-47(32-38-51)68(4,5)6/h13-44H,1-12H3. The van der Waals surface area contributed by atoms with Gasteiger partial charge < -0.3 is 19.1 Å². The number of furan rings is 1. The van der Waals surface area contributed by atoms with E-state index in [1.165, 1.54) is 61.1 Å². The lowest BCUT2D eigenvalue weighted by Gasteiger charge is -2.46. The molecule has 0 aliphatic carbocycles. The van der Waals surface area contributed by atoms with Crippen LogP contribution in [0.5, 0.6) is 0 Å². The zero-order chi connectivity index (χ0) is 52.3. The summed E-state index contributed by atoms with van der Waals surface area (Å²) < 4.78 is 6.97. The van der Waals surface area contributed by atoms with Crippen LogP contribution in [0.15, 0.2) is 199 Å². The van der Waals surface area contributed by atoms with Crippen molar-refractivity contribution in [2.24, 2.45) is 0 Å². The molecule has 5 heteroatoms. The van der Waals surface area contributed by atoms with Crippen LogP contribution in [0.25, 0.3) is 33.1 Å². The quantitative estimate of drug-likeness (QED) is 0.155. The molecule has 4 nitrogen and oxygen atoms in total. The predicted molar refractivity (Wildman–Crippen MR) is 323 cm³/mol. The summed E-state index contributed by atoms with van der Waals surface area (Å²) in [6, 6.07) is 73.1. The Morgan fingerprint density at radius 2 is 0.893 bits per heavy atom. The molecule has 12 rings (SSSR count). The molecule has 2 aliphatic rings. The van der Waals surface area contributed by atoms with Crippen LogP contribution in [0, 0.1) is 0 Å². The van der Waals surface area contributed by atoms with Gasteiger partial charge >= 0.3 is 0 Å². The molecule has 0 saturated heterocycles. The maximum Gasteiger partial charge on any atom is 0.252 e. The van der Waals surface area contributed by atoms with Crippen LogP contribution in [0.3, 0.4) is 0 Å². The summed E-state index contributed by atoms with van der Waals surface area (Å²) in [4.78, 5) is 7.60. The van der Waals surface area contributed by atoms with E-state index < -0.39 is 0 Å². The van der Waals surface area contributed by atoms with Crippen LogP contribution in [-0.4, -0.2) is 6.71 Å². The second kappa shape index (κ2) is 17.4. The molecule has 0 radical (unpaired) electrons. The predicted octanol–water partition coefficient (Wildman–Crippen LogP) is 18.0. The normalized spacial score (nSPS) is 13.5. The molecule has 0 N–H and O–H groups in total. The highest BCUT2D eigenvalue weighted by molar-refractivity contribution is 7.00. The zero-order valence-electron chi connectivity index (χ0n) is 45.8. The van der Waals surface area contributed by atoms with E-state index in [0.29, 0.717) is 0 Å². The third-order valence-electron chi connectivity index (χ3n) is 15.9. The lowest BCUT2D eigenvalue weighted by molar-refractivity contribution is 0.590. The molecule has 372 valence electrons. The van der Waals surface area contributed by atoms with E-state index in [4.69, 9.17) is 4.42 Å². The lowest BCUT2D eigenvalue weighted by atomic mass is 9.33. The molecule has 0 bridgehead atoms. The molecule has 0 saturated carbocycles. The fourth-order valence-corrected chi connectivity index (χ4v) is 11.7. The number of hydrogen-bond acceptors (Lipinski definition) is 4. The molecule has 0 spiro atoms. The summed E-state index contributed by atoms with van der Waals surface area (Å²) in [6.07, 6.45) is 0. The van der Waals surface area contributed by atoms with E-state index in [1.807, 2.05) is 0 Å². The van der Waals surface area contributed by atoms with Gasteiger partial charge in [0, 0.05) is 50.5 Å². The van der Waals surface area contributed by atoms with Crippen LogP contribution >= 0.6 is 0 Å². The van der Waals surface area contributed by atoms with E-state index in [-0.39, 0.29) is 28.4 Å². The van der Waals surface area contributed by atoms with Crippen LogP contribution < -0.4 is 31.1 Å². The first-order chi connectivity index (χ1) is 35.7. The number of fused-ring (bicyclic) bond motifs is 7. The smallest absolute Gasteiger partial charge is 0.252 e. The maximum absolute atomic E-state index is 6.97. The van der Waals surface area contributed by atoms with Crippen molar-refractivity contribution in [1.82, 2.24) is 0 Å². The van der Waals surface area contributed by atoms with E-state index in [9.17, 15) is 0 Å². The Kier molecular flexibility index (Phi) is 11.2. The molecule has 3 heterocycles. The van der Waals surface area contributed by atoms with Crippen molar-refractivity contribution in [3.63, 3.8) is 0 Å². The number of hydrogen-bond donors (Lipinski definition) is 0. The van der Waals surface area contributed by atoms with Gasteiger partial charge in [0.1, 0.15) is 5.58 Å². The highest BCUT2D eigenvalue weighted by atomic mass is 16.3. The Bertz CT molecular complexity index is 3820. The van der Waals surface area contributed by atoms with Crippen LogP contribution in [0.1, 0.15) is 105 Å². The minimum atomic E-state index is -0.0823. The maximum atomic E-state index is 6.97. The van der Waals surface area contributed by atoms with Gasteiger partial charge in [-0.15, -0.1) is 0 Å². The number of rotatable bonds is 6. The van der Waals surface area contributed by atoms with E-state index in [0.717, 1.165) is 61.8 Å². The molecule has 9 aromatic carbocycles. The Balaban J connectivity index is 1.24. The van der Waals surface area contributed by atoms with Crippen LogP contribution in [0.2, 0.25) is 0 Å². The van der Waals surface area contributed by atoms with Crippen molar-refractivity contribution in [3.8, 4) is 11.1 Å². The van der Waals surface area contributed by atoms with E-state index in [2.05, 4.69) is 292 Å². The molecular weight excluding hydrogens is 910 g/mol. The molecule has 1 aromatic heterocycles. The Hall–Kier alpha value is -7.76. The second-order valence-corrected chi connectivity index (χ2v) is 25.1. The average molecular weight is 978 g/mol. The summed E-state index contributed by atoms with van der Waals surface area (Å²) in [7, 11) is 0. The van der Waals surface area contributed by atoms with Gasteiger partial charge in [-0.05, 0) is 133 Å². The fourth-order valence-electron chi connectivity index (χ4n) is 11.7. The number of benzene rings is 9. The highest BCUT2D eigenvalue weighted by Crippen LogP contribution is 2.51. The molecule has 0 atom stereocenters. The number of nitrogens with zero attached hydrogens (tertiary/aromatic N) is 3. The van der Waals surface area contributed by atoms with Crippen molar-refractivity contribution in [1.29, 1.82) is 0 Å². The minimum absolute atomic E-state index is 0.00798. The van der Waals surface area contributed by atoms with Crippen molar-refractivity contribution in [3.05, 3.63) is 216 Å². The Morgan fingerprint density at radius 3 is 1.51 bits per heavy atom. The topological polar surface area (TPSA) is 22.9 Å². The third kappa shape index (κ3) is 8.23. The van der Waals surface area contributed by atoms with Crippen molar-refractivity contribution in [2.75, 3.05) is 14.7 Å². The molecular formula is C70H68BN3O. The number of para-hydroxylation sites is 3. The summed E-state index contributed by atoms with van der Waals surface area (Å²) in [6.45, 7) is 27.7. The molecule has 2 aliphatic heterocycles. The van der Waals surface area contributed by atoms with E-state index in [1.54, 1.807) is 0 Å². The summed E-state index contributed by atoms with van der Waals surface area (Å²) in [5, 5.41) is 2.19. The van der Waals surface area contributed by atoms with Gasteiger partial charge in [-0.2, -0.15) is 0 Å². The van der Waals surface area contributed by atoms with Gasteiger partial charge in [-0.3, -0.25) is 0 Å². The minimum Gasteiger partial charge on any atom is -0.454 e. The Morgan fingerprint density at radius 1 is 0.387 bits per heavy atom. The molecule has 10 aromatic rings. The van der Waals surface area contributed by atoms with E-state index >= 15 is 0 Å². The summed E-state index contributed by atoms with van der Waals surface area (Å²) in [5.74, 6) is 0. The van der Waals surface area contributed by atoms with Gasteiger partial charge in [-0.1, -0.05) is 210 Å². The SMILES string of the molecule is CC(C)(C)c1ccc(N2c3ccc(C(C)(C)C)cc3B3c4cc(C(C)(C)C)ccc4N(c4ccccc4-c4ccccc4)c4cc(N(c5ccc(C(C)(C)C)cc5)c5cccc6c5oc5ccccc56)cc2c43)cc1. The first-order valence-corrected chi connectivity index (χ1v) is 26.9. The van der Waals surface area contributed by atoms with Crippen molar-refractivity contribution >= 4 is 96.2 Å². The molecule has 75 heavy (non-hydrogen) atoms. The zero-order valence-corrected chi connectivity index (χ0v) is 45.8. The van der Waals surface area contributed by atoms with Crippen molar-refractivity contribution in [2.45, 2.75) is 105 Å². The second-order valence-electron chi connectivity index (χ2n) is 25.1. The molecule has 0 unspecified atom stereocenters. The van der Waals surface area contributed by atoms with Gasteiger partial charge in [0.05, 0.1) is 17.1 Å². The average Bonchev–Trinajstić information content (AvgIpc) is 3.82. The van der Waals surface area contributed by atoms with Gasteiger partial charge in [0.15, 0.2) is 5.58 Å². The van der Waals surface area contributed by atoms with Crippen LogP contribution in [0.4, 0.5) is 51.2 Å². The van der Waals surface area contributed by atoms with Crippen LogP contribution in [-0.2, 0) is 21.7 Å². The van der Waals surface area contributed by atoms with Gasteiger partial charge in [-0.25, -0.2) is 0 Å². The first kappa shape index (κ1) is 48.2. The number of anilines is 9. The summed E-state index contributed by atoms with van der Waals surface area (Å²) >= 11 is 0. The van der Waals surface area contributed by atoms with Gasteiger partial charge in [0.25, 0.3) is 6.71 Å². The Labute approximate surface area is 445 Å². The largest absolute Gasteiger partial charge is 0.454 e. The third-order valence-corrected chi connectivity index (χ3v) is 15.9. The fraction of sp³-hybridized carbons (Fsp3) is 0.229. The monoisotopic (exact) mass is 978 g/mol.